The molecule has 0 spiro atoms. The lowest BCUT2D eigenvalue weighted by molar-refractivity contribution is -0.150. The average Bonchev–Trinajstić information content (AvgIpc) is 2.65. The molecule has 0 N–H and O–H groups in total. The lowest BCUT2D eigenvalue weighted by atomic mass is 9.83. The van der Waals surface area contributed by atoms with Gasteiger partial charge >= 0.3 is 5.97 Å². The SMILES string of the molecule is CC1=C(C(=O)OC(C)(C)C)[C@H](c2ccccc2F)CC(=O)N1Cc1ccccc1F. The van der Waals surface area contributed by atoms with Crippen molar-refractivity contribution < 1.29 is 23.1 Å². The molecule has 4 nitrogen and oxygen atoms in total. The van der Waals surface area contributed by atoms with Gasteiger partial charge < -0.3 is 9.64 Å². The highest BCUT2D eigenvalue weighted by Gasteiger charge is 2.39. The summed E-state index contributed by atoms with van der Waals surface area (Å²) in [5, 5.41) is 0. The zero-order chi connectivity index (χ0) is 22.1. The van der Waals surface area contributed by atoms with Crippen LogP contribution in [-0.4, -0.2) is 22.4 Å². The summed E-state index contributed by atoms with van der Waals surface area (Å²) in [4.78, 5) is 27.4. The van der Waals surface area contributed by atoms with E-state index in [2.05, 4.69) is 0 Å². The quantitative estimate of drug-likeness (QED) is 0.656. The van der Waals surface area contributed by atoms with Gasteiger partial charge in [0, 0.05) is 23.6 Å². The summed E-state index contributed by atoms with van der Waals surface area (Å²) in [6.45, 7) is 6.82. The number of halogens is 2. The molecule has 30 heavy (non-hydrogen) atoms. The smallest absolute Gasteiger partial charge is 0.336 e. The number of benzene rings is 2. The third-order valence-corrected chi connectivity index (χ3v) is 5.01. The van der Waals surface area contributed by atoms with Gasteiger partial charge in [0.15, 0.2) is 0 Å². The lowest BCUT2D eigenvalue weighted by Crippen LogP contribution is -2.39. The minimum atomic E-state index is -0.773. The van der Waals surface area contributed by atoms with Crippen molar-refractivity contribution in [3.8, 4) is 0 Å². The van der Waals surface area contributed by atoms with Crippen LogP contribution in [0, 0.1) is 11.6 Å². The fourth-order valence-corrected chi connectivity index (χ4v) is 3.62. The first-order valence-corrected chi connectivity index (χ1v) is 9.81. The van der Waals surface area contributed by atoms with Crippen molar-refractivity contribution in [2.24, 2.45) is 0 Å². The van der Waals surface area contributed by atoms with Gasteiger partial charge in [0.25, 0.3) is 0 Å². The fraction of sp³-hybridized carbons (Fsp3) is 0.333. The largest absolute Gasteiger partial charge is 0.457 e. The summed E-state index contributed by atoms with van der Waals surface area (Å²) in [7, 11) is 0. The van der Waals surface area contributed by atoms with Gasteiger partial charge in [-0.15, -0.1) is 0 Å². The van der Waals surface area contributed by atoms with Crippen molar-refractivity contribution in [1.82, 2.24) is 4.90 Å². The van der Waals surface area contributed by atoms with Crippen molar-refractivity contribution in [2.45, 2.75) is 52.2 Å². The third kappa shape index (κ3) is 4.58. The van der Waals surface area contributed by atoms with Crippen LogP contribution in [0.2, 0.25) is 0 Å². The number of esters is 1. The topological polar surface area (TPSA) is 46.6 Å². The van der Waals surface area contributed by atoms with Crippen molar-refractivity contribution in [2.75, 3.05) is 0 Å². The van der Waals surface area contributed by atoms with E-state index in [4.69, 9.17) is 4.74 Å². The standard InChI is InChI=1S/C24H25F2NO3/c1-15-22(23(29)30-24(2,3)4)18(17-10-6-8-12-20(17)26)13-21(28)27(15)14-16-9-5-7-11-19(16)25/h5-12,18H,13-14H2,1-4H3/t18-/m0/s1. The second-order valence-electron chi connectivity index (χ2n) is 8.35. The number of nitrogens with zero attached hydrogens (tertiary/aromatic N) is 1. The Labute approximate surface area is 175 Å². The van der Waals surface area contributed by atoms with E-state index < -0.39 is 29.1 Å². The third-order valence-electron chi connectivity index (χ3n) is 5.01. The number of allylic oxidation sites excluding steroid dienone is 1. The van der Waals surface area contributed by atoms with Gasteiger partial charge in [0.05, 0.1) is 12.1 Å². The van der Waals surface area contributed by atoms with Crippen LogP contribution < -0.4 is 0 Å². The molecule has 0 bridgehead atoms. The van der Waals surface area contributed by atoms with E-state index in [0.717, 1.165) is 0 Å². The maximum atomic E-state index is 14.6. The number of ether oxygens (including phenoxy) is 1. The zero-order valence-corrected chi connectivity index (χ0v) is 17.5. The highest BCUT2D eigenvalue weighted by atomic mass is 19.1. The van der Waals surface area contributed by atoms with Crippen molar-refractivity contribution in [1.29, 1.82) is 0 Å². The van der Waals surface area contributed by atoms with Crippen LogP contribution in [0.5, 0.6) is 0 Å². The highest BCUT2D eigenvalue weighted by molar-refractivity contribution is 5.96. The van der Waals surface area contributed by atoms with Gasteiger partial charge in [-0.1, -0.05) is 36.4 Å². The first-order valence-electron chi connectivity index (χ1n) is 9.81. The summed E-state index contributed by atoms with van der Waals surface area (Å²) < 4.78 is 34.3. The van der Waals surface area contributed by atoms with Crippen LogP contribution in [0.1, 0.15) is 51.2 Å². The van der Waals surface area contributed by atoms with Crippen LogP contribution in [0.3, 0.4) is 0 Å². The molecule has 1 heterocycles. The Morgan fingerprint density at radius 3 is 2.27 bits per heavy atom. The van der Waals surface area contributed by atoms with Gasteiger partial charge in [-0.25, -0.2) is 13.6 Å². The molecular weight excluding hydrogens is 388 g/mol. The summed E-state index contributed by atoms with van der Waals surface area (Å²) in [6, 6.07) is 12.2. The Kier molecular flexibility index (Phi) is 6.06. The molecule has 0 aromatic heterocycles. The van der Waals surface area contributed by atoms with E-state index in [0.29, 0.717) is 11.3 Å². The van der Waals surface area contributed by atoms with Crippen LogP contribution in [0.15, 0.2) is 59.8 Å². The minimum absolute atomic E-state index is 0.0202. The van der Waals surface area contributed by atoms with Crippen molar-refractivity contribution in [3.63, 3.8) is 0 Å². The van der Waals surface area contributed by atoms with Crippen LogP contribution in [-0.2, 0) is 20.9 Å². The molecule has 2 aromatic carbocycles. The van der Waals surface area contributed by atoms with Gasteiger partial charge in [0.1, 0.15) is 17.2 Å². The molecule has 0 aliphatic carbocycles. The molecule has 2 aromatic rings. The Hall–Kier alpha value is -3.02. The first-order chi connectivity index (χ1) is 14.1. The number of hydrogen-bond donors (Lipinski definition) is 0. The Bertz CT molecular complexity index is 1010. The molecular formula is C24H25F2NO3. The van der Waals surface area contributed by atoms with Gasteiger partial charge in [-0.2, -0.15) is 0 Å². The Morgan fingerprint density at radius 1 is 1.07 bits per heavy atom. The van der Waals surface area contributed by atoms with Crippen molar-refractivity contribution in [3.05, 3.63) is 82.6 Å². The van der Waals surface area contributed by atoms with E-state index in [1.807, 2.05) is 0 Å². The van der Waals surface area contributed by atoms with Gasteiger partial charge in [-0.05, 0) is 45.4 Å². The molecule has 0 fully saturated rings. The maximum absolute atomic E-state index is 14.6. The van der Waals surface area contributed by atoms with Gasteiger partial charge in [0.2, 0.25) is 5.91 Å². The molecule has 0 unspecified atom stereocenters. The zero-order valence-electron chi connectivity index (χ0n) is 17.5. The molecule has 0 saturated carbocycles. The molecule has 1 aliphatic rings. The van der Waals surface area contributed by atoms with E-state index in [1.54, 1.807) is 64.1 Å². The molecule has 1 atom stereocenters. The second-order valence-corrected chi connectivity index (χ2v) is 8.35. The summed E-state index contributed by atoms with van der Waals surface area (Å²) in [6.07, 6.45) is -0.110. The predicted molar refractivity (Wildman–Crippen MR) is 109 cm³/mol. The minimum Gasteiger partial charge on any atom is -0.457 e. The van der Waals surface area contributed by atoms with E-state index in [-0.39, 0.29) is 30.0 Å². The van der Waals surface area contributed by atoms with E-state index in [1.165, 1.54) is 17.0 Å². The van der Waals surface area contributed by atoms with Gasteiger partial charge in [-0.3, -0.25) is 4.79 Å². The number of rotatable bonds is 4. The van der Waals surface area contributed by atoms with Crippen molar-refractivity contribution >= 4 is 11.9 Å². The number of carbonyl (C=O) groups excluding carboxylic acids is 2. The summed E-state index contributed by atoms with van der Waals surface area (Å²) in [5.41, 5.74) is 0.389. The molecule has 1 amide bonds. The van der Waals surface area contributed by atoms with Crippen LogP contribution >= 0.6 is 0 Å². The number of amides is 1. The van der Waals surface area contributed by atoms with Crippen LogP contribution in [0.4, 0.5) is 8.78 Å². The van der Waals surface area contributed by atoms with E-state index >= 15 is 0 Å². The normalized spacial score (nSPS) is 17.3. The highest BCUT2D eigenvalue weighted by Crippen LogP contribution is 2.39. The summed E-state index contributed by atoms with van der Waals surface area (Å²) in [5.74, 6) is -2.62. The monoisotopic (exact) mass is 413 g/mol. The molecule has 0 saturated heterocycles. The Morgan fingerprint density at radius 2 is 1.67 bits per heavy atom. The molecule has 1 aliphatic heterocycles. The second kappa shape index (κ2) is 8.38. The first kappa shape index (κ1) is 21.7. The summed E-state index contributed by atoms with van der Waals surface area (Å²) >= 11 is 0. The lowest BCUT2D eigenvalue weighted by Gasteiger charge is -2.35. The van der Waals surface area contributed by atoms with E-state index in [9.17, 15) is 18.4 Å². The molecule has 3 rings (SSSR count). The molecule has 158 valence electrons. The average molecular weight is 413 g/mol. The molecule has 0 radical (unpaired) electrons. The molecule has 6 heteroatoms. The van der Waals surface area contributed by atoms with Crippen LogP contribution in [0.25, 0.3) is 0 Å². The predicted octanol–water partition coefficient (Wildman–Crippen LogP) is 5.10. The number of carbonyl (C=O) groups is 2. The maximum Gasteiger partial charge on any atom is 0.336 e. The number of hydrogen-bond acceptors (Lipinski definition) is 3. The Balaban J connectivity index is 2.09. The fourth-order valence-electron chi connectivity index (χ4n) is 3.62.